The van der Waals surface area contributed by atoms with Crippen LogP contribution in [-0.4, -0.2) is 32.7 Å². The number of hydrogen-bond acceptors (Lipinski definition) is 5. The maximum absolute atomic E-state index is 13.1. The van der Waals surface area contributed by atoms with Crippen molar-refractivity contribution in [3.8, 4) is 5.75 Å². The summed E-state index contributed by atoms with van der Waals surface area (Å²) in [6.07, 6.45) is -3.23. The lowest BCUT2D eigenvalue weighted by Crippen LogP contribution is -2.36. The molecular weight excluding hydrogens is 585 g/mol. The van der Waals surface area contributed by atoms with E-state index in [4.69, 9.17) is 12.2 Å². The van der Waals surface area contributed by atoms with Crippen LogP contribution >= 0.6 is 55.8 Å². The summed E-state index contributed by atoms with van der Waals surface area (Å²) in [6.45, 7) is -0.553. The number of aromatic hydroxyl groups is 1. The van der Waals surface area contributed by atoms with Crippen LogP contribution < -0.4 is 5.32 Å². The number of thiocarbonyl (C=S) groups is 1. The van der Waals surface area contributed by atoms with E-state index >= 15 is 0 Å². The number of hydrogen-bond donors (Lipinski definition) is 2. The van der Waals surface area contributed by atoms with E-state index in [1.807, 2.05) is 0 Å². The molecule has 2 aromatic carbocycles. The van der Waals surface area contributed by atoms with Crippen LogP contribution in [0.5, 0.6) is 5.75 Å². The lowest BCUT2D eigenvalue weighted by atomic mass is 10.1. The summed E-state index contributed by atoms with van der Waals surface area (Å²) in [6, 6.07) is 7.75. The number of rotatable bonds is 4. The number of halogens is 5. The van der Waals surface area contributed by atoms with Crippen LogP contribution in [0.2, 0.25) is 0 Å². The molecule has 5 nitrogen and oxygen atoms in total. The highest BCUT2D eigenvalue weighted by Gasteiger charge is 2.36. The average Bonchev–Trinajstić information content (AvgIpc) is 2.92. The number of carbonyl (C=O) groups is 2. The second-order valence-corrected chi connectivity index (χ2v) is 9.63. The standard InChI is InChI=1S/C19H11Br2F3N2O3S2/c20-10-5-9(16(28)12(21)7-10)6-14-17(29)26(18(30)31-14)8-15(27)25-13-4-2-1-3-11(13)19(22,23)24/h1-7,28H,8H2,(H,25,27)/b14-6-. The number of anilines is 1. The summed E-state index contributed by atoms with van der Waals surface area (Å²) in [5.41, 5.74) is -1.07. The highest BCUT2D eigenvalue weighted by atomic mass is 79.9. The van der Waals surface area contributed by atoms with E-state index < -0.39 is 35.8 Å². The Kier molecular flexibility index (Phi) is 7.14. The van der Waals surface area contributed by atoms with Gasteiger partial charge in [0.05, 0.1) is 20.6 Å². The van der Waals surface area contributed by atoms with Crippen molar-refractivity contribution in [2.75, 3.05) is 11.9 Å². The summed E-state index contributed by atoms with van der Waals surface area (Å²) in [4.78, 5) is 26.2. The molecule has 0 aliphatic carbocycles. The van der Waals surface area contributed by atoms with Crippen LogP contribution in [-0.2, 0) is 15.8 Å². The van der Waals surface area contributed by atoms with Gasteiger partial charge in [0.15, 0.2) is 0 Å². The Bertz CT molecular complexity index is 1120. The number of nitrogens with one attached hydrogen (secondary N) is 1. The van der Waals surface area contributed by atoms with Gasteiger partial charge in [-0.25, -0.2) is 0 Å². The summed E-state index contributed by atoms with van der Waals surface area (Å²) >= 11 is 12.6. The summed E-state index contributed by atoms with van der Waals surface area (Å²) in [5, 5.41) is 12.3. The van der Waals surface area contributed by atoms with Crippen LogP contribution in [0.15, 0.2) is 50.2 Å². The molecule has 0 aromatic heterocycles. The molecule has 3 rings (SSSR count). The smallest absolute Gasteiger partial charge is 0.418 e. The van der Waals surface area contributed by atoms with E-state index in [0.717, 1.165) is 28.8 Å². The fourth-order valence-corrected chi connectivity index (χ4v) is 5.15. The predicted octanol–water partition coefficient (Wildman–Crippen LogP) is 5.78. The topological polar surface area (TPSA) is 69.6 Å². The third-order valence-corrected chi connectivity index (χ3v) is 6.47. The van der Waals surface area contributed by atoms with Crippen molar-refractivity contribution < 1.29 is 27.9 Å². The number of thioether (sulfide) groups is 1. The van der Waals surface area contributed by atoms with Crippen molar-refractivity contribution in [1.82, 2.24) is 4.90 Å². The fraction of sp³-hybridized carbons (Fsp3) is 0.105. The summed E-state index contributed by atoms with van der Waals surface area (Å²) < 4.78 is 40.4. The van der Waals surface area contributed by atoms with Gasteiger partial charge in [0, 0.05) is 10.0 Å². The van der Waals surface area contributed by atoms with Gasteiger partial charge in [-0.1, -0.05) is 52.0 Å². The van der Waals surface area contributed by atoms with Gasteiger partial charge in [0.25, 0.3) is 5.91 Å². The minimum Gasteiger partial charge on any atom is -0.506 e. The Hall–Kier alpha value is -1.89. The zero-order valence-electron chi connectivity index (χ0n) is 15.2. The Morgan fingerprint density at radius 3 is 2.61 bits per heavy atom. The third-order valence-electron chi connectivity index (χ3n) is 4.03. The molecule has 0 bridgehead atoms. The van der Waals surface area contributed by atoms with Crippen molar-refractivity contribution in [2.24, 2.45) is 0 Å². The molecule has 2 amide bonds. The number of carbonyl (C=O) groups excluding carboxylic acids is 2. The third kappa shape index (κ3) is 5.48. The minimum atomic E-state index is -4.64. The zero-order chi connectivity index (χ0) is 22.9. The van der Waals surface area contributed by atoms with Gasteiger partial charge in [-0.2, -0.15) is 13.2 Å². The van der Waals surface area contributed by atoms with E-state index in [0.29, 0.717) is 14.5 Å². The first-order valence-corrected chi connectivity index (χ1v) is 11.2. The van der Waals surface area contributed by atoms with Gasteiger partial charge in [-0.05, 0) is 46.3 Å². The van der Waals surface area contributed by atoms with Crippen LogP contribution in [0.3, 0.4) is 0 Å². The Morgan fingerprint density at radius 2 is 1.94 bits per heavy atom. The molecule has 0 spiro atoms. The van der Waals surface area contributed by atoms with Crippen molar-refractivity contribution >= 4 is 83.7 Å². The van der Waals surface area contributed by atoms with Gasteiger partial charge in [0.2, 0.25) is 5.91 Å². The van der Waals surface area contributed by atoms with Crippen molar-refractivity contribution in [2.45, 2.75) is 6.18 Å². The highest BCUT2D eigenvalue weighted by molar-refractivity contribution is 9.11. The maximum Gasteiger partial charge on any atom is 0.418 e. The van der Waals surface area contributed by atoms with E-state index in [1.54, 1.807) is 12.1 Å². The number of amides is 2. The van der Waals surface area contributed by atoms with Crippen molar-refractivity contribution in [3.63, 3.8) is 0 Å². The summed E-state index contributed by atoms with van der Waals surface area (Å²) in [7, 11) is 0. The fourth-order valence-electron chi connectivity index (χ4n) is 2.65. The predicted molar refractivity (Wildman–Crippen MR) is 123 cm³/mol. The van der Waals surface area contributed by atoms with E-state index in [-0.39, 0.29) is 15.0 Å². The van der Waals surface area contributed by atoms with Crippen LogP contribution in [0.1, 0.15) is 11.1 Å². The van der Waals surface area contributed by atoms with E-state index in [9.17, 15) is 27.9 Å². The molecule has 1 aliphatic heterocycles. The molecule has 1 aliphatic rings. The molecule has 12 heteroatoms. The Balaban J connectivity index is 1.78. The second-order valence-electron chi connectivity index (χ2n) is 6.18. The molecule has 1 heterocycles. The van der Waals surface area contributed by atoms with E-state index in [2.05, 4.69) is 37.2 Å². The molecule has 0 radical (unpaired) electrons. The molecule has 1 fully saturated rings. The molecule has 2 N–H and O–H groups in total. The second kappa shape index (κ2) is 9.31. The van der Waals surface area contributed by atoms with Crippen molar-refractivity contribution in [3.05, 3.63) is 61.4 Å². The normalized spacial score (nSPS) is 15.6. The van der Waals surface area contributed by atoms with E-state index in [1.165, 1.54) is 18.2 Å². The molecule has 2 aromatic rings. The monoisotopic (exact) mass is 594 g/mol. The molecule has 162 valence electrons. The lowest BCUT2D eigenvalue weighted by Gasteiger charge is -2.16. The zero-order valence-corrected chi connectivity index (χ0v) is 20.0. The minimum absolute atomic E-state index is 0.0732. The maximum atomic E-state index is 13.1. The number of benzene rings is 2. The first-order chi connectivity index (χ1) is 14.5. The van der Waals surface area contributed by atoms with Gasteiger partial charge < -0.3 is 10.4 Å². The Labute approximate surface area is 200 Å². The lowest BCUT2D eigenvalue weighted by molar-refractivity contribution is -0.137. The van der Waals surface area contributed by atoms with Gasteiger partial charge in [0.1, 0.15) is 16.6 Å². The number of phenolic OH excluding ortho intramolecular Hbond substituents is 1. The highest BCUT2D eigenvalue weighted by Crippen LogP contribution is 2.38. The largest absolute Gasteiger partial charge is 0.506 e. The van der Waals surface area contributed by atoms with Gasteiger partial charge >= 0.3 is 6.18 Å². The average molecular weight is 596 g/mol. The molecule has 0 atom stereocenters. The molecule has 31 heavy (non-hydrogen) atoms. The Morgan fingerprint density at radius 1 is 1.26 bits per heavy atom. The SMILES string of the molecule is O=C(CN1C(=O)/C(=C/c2cc(Br)cc(Br)c2O)SC1=S)Nc1ccccc1C(F)(F)F. The molecule has 0 unspecified atom stereocenters. The number of para-hydroxylation sites is 1. The molecule has 1 saturated heterocycles. The number of phenols is 1. The van der Waals surface area contributed by atoms with Crippen LogP contribution in [0.25, 0.3) is 6.08 Å². The molecule has 0 saturated carbocycles. The molecular formula is C19H11Br2F3N2O3S2. The first kappa shape index (κ1) is 23.8. The number of nitrogens with zero attached hydrogens (tertiary/aromatic N) is 1. The van der Waals surface area contributed by atoms with Gasteiger partial charge in [-0.3, -0.25) is 14.5 Å². The van der Waals surface area contributed by atoms with Crippen LogP contribution in [0.4, 0.5) is 18.9 Å². The summed E-state index contributed by atoms with van der Waals surface area (Å²) in [5.74, 6) is -1.51. The van der Waals surface area contributed by atoms with Gasteiger partial charge in [-0.15, -0.1) is 0 Å². The van der Waals surface area contributed by atoms with Crippen LogP contribution in [0, 0.1) is 0 Å². The quantitative estimate of drug-likeness (QED) is 0.347. The number of alkyl halides is 3. The van der Waals surface area contributed by atoms with Crippen molar-refractivity contribution in [1.29, 1.82) is 0 Å². The first-order valence-electron chi connectivity index (χ1n) is 8.37.